The van der Waals surface area contributed by atoms with Gasteiger partial charge in [-0.3, -0.25) is 4.79 Å². The number of amides is 1. The van der Waals surface area contributed by atoms with E-state index in [1.807, 2.05) is 31.2 Å². The summed E-state index contributed by atoms with van der Waals surface area (Å²) in [7, 11) is -3.30. The van der Waals surface area contributed by atoms with Gasteiger partial charge in [-0.15, -0.1) is 0 Å². The van der Waals surface area contributed by atoms with Crippen molar-refractivity contribution in [2.45, 2.75) is 26.3 Å². The van der Waals surface area contributed by atoms with Crippen molar-refractivity contribution in [3.63, 3.8) is 0 Å². The van der Waals surface area contributed by atoms with Crippen LogP contribution in [0.2, 0.25) is 0 Å². The molecule has 1 heterocycles. The molecule has 1 amide bonds. The van der Waals surface area contributed by atoms with Crippen LogP contribution in [-0.2, 0) is 14.8 Å². The van der Waals surface area contributed by atoms with Crippen LogP contribution >= 0.6 is 0 Å². The summed E-state index contributed by atoms with van der Waals surface area (Å²) in [5, 5.41) is 6.61. The maximum atomic E-state index is 11.8. The first-order valence-electron chi connectivity index (χ1n) is 7.39. The van der Waals surface area contributed by atoms with Gasteiger partial charge in [0.05, 0.1) is 6.26 Å². The van der Waals surface area contributed by atoms with Gasteiger partial charge in [0.2, 0.25) is 27.6 Å². The molecule has 0 saturated carbocycles. The van der Waals surface area contributed by atoms with E-state index in [4.69, 9.17) is 4.52 Å². The summed E-state index contributed by atoms with van der Waals surface area (Å²) in [5.74, 6) is 0.429. The number of rotatable bonds is 7. The third-order valence-corrected chi connectivity index (χ3v) is 3.91. The van der Waals surface area contributed by atoms with Gasteiger partial charge in [0, 0.05) is 18.5 Å². The second-order valence-corrected chi connectivity index (χ2v) is 7.36. The zero-order valence-electron chi connectivity index (χ0n) is 13.7. The molecule has 1 aromatic heterocycles. The Morgan fingerprint density at radius 2 is 2.12 bits per heavy atom. The van der Waals surface area contributed by atoms with Crippen molar-refractivity contribution >= 4 is 15.9 Å². The molecule has 2 rings (SSSR count). The number of carbonyl (C=O) groups is 1. The van der Waals surface area contributed by atoms with Gasteiger partial charge in [0.25, 0.3) is 0 Å². The van der Waals surface area contributed by atoms with Crippen molar-refractivity contribution < 1.29 is 17.7 Å². The Balaban J connectivity index is 1.93. The molecule has 0 aliphatic rings. The smallest absolute Gasteiger partial charge is 0.249 e. The number of nitrogens with one attached hydrogen (secondary N) is 2. The standard InChI is InChI=1S/C15H20N4O4S/c1-10-5-4-6-12(9-10)14-18-15(23-19-14)11(2)17-13(20)7-8-16-24(3,21)22/h4-6,9,11,16H,7-8H2,1-3H3,(H,17,20)/t11-/m0/s1. The minimum absolute atomic E-state index is 0.0241. The van der Waals surface area contributed by atoms with Gasteiger partial charge in [-0.2, -0.15) is 4.98 Å². The first-order valence-corrected chi connectivity index (χ1v) is 9.28. The fourth-order valence-corrected chi connectivity index (χ4v) is 2.51. The van der Waals surface area contributed by atoms with Crippen LogP contribution in [0.1, 0.15) is 30.8 Å². The molecule has 9 heteroatoms. The van der Waals surface area contributed by atoms with Crippen LogP contribution in [0.4, 0.5) is 0 Å². The number of sulfonamides is 1. The third kappa shape index (κ3) is 5.43. The van der Waals surface area contributed by atoms with E-state index in [2.05, 4.69) is 20.2 Å². The fourth-order valence-electron chi connectivity index (χ4n) is 2.04. The molecular weight excluding hydrogens is 332 g/mol. The maximum Gasteiger partial charge on any atom is 0.249 e. The van der Waals surface area contributed by atoms with Crippen molar-refractivity contribution in [1.82, 2.24) is 20.2 Å². The monoisotopic (exact) mass is 352 g/mol. The topological polar surface area (TPSA) is 114 Å². The van der Waals surface area contributed by atoms with E-state index in [0.717, 1.165) is 17.4 Å². The summed E-state index contributed by atoms with van der Waals surface area (Å²) in [4.78, 5) is 16.1. The lowest BCUT2D eigenvalue weighted by atomic mass is 10.1. The van der Waals surface area contributed by atoms with E-state index in [0.29, 0.717) is 5.82 Å². The quantitative estimate of drug-likeness (QED) is 0.773. The van der Waals surface area contributed by atoms with Crippen molar-refractivity contribution in [2.24, 2.45) is 0 Å². The van der Waals surface area contributed by atoms with Gasteiger partial charge < -0.3 is 9.84 Å². The highest BCUT2D eigenvalue weighted by Crippen LogP contribution is 2.19. The summed E-state index contributed by atoms with van der Waals surface area (Å²) < 4.78 is 29.3. The van der Waals surface area contributed by atoms with E-state index in [1.165, 1.54) is 0 Å². The maximum absolute atomic E-state index is 11.8. The summed E-state index contributed by atoms with van der Waals surface area (Å²) in [6.07, 6.45) is 1.06. The molecule has 0 bridgehead atoms. The normalized spacial score (nSPS) is 12.8. The number of aromatic nitrogens is 2. The number of hydrogen-bond acceptors (Lipinski definition) is 6. The molecule has 0 unspecified atom stereocenters. The van der Waals surface area contributed by atoms with Gasteiger partial charge in [-0.25, -0.2) is 13.1 Å². The molecule has 0 saturated heterocycles. The Kier molecular flexibility index (Phi) is 5.68. The summed E-state index contributed by atoms with van der Waals surface area (Å²) in [6.45, 7) is 3.73. The summed E-state index contributed by atoms with van der Waals surface area (Å²) in [6, 6.07) is 7.22. The van der Waals surface area contributed by atoms with Crippen LogP contribution in [0.25, 0.3) is 11.4 Å². The van der Waals surface area contributed by atoms with Crippen molar-refractivity contribution in [2.75, 3.05) is 12.8 Å². The first-order chi connectivity index (χ1) is 11.2. The summed E-state index contributed by atoms with van der Waals surface area (Å²) in [5.41, 5.74) is 1.92. The Labute approximate surface area is 140 Å². The number of carbonyl (C=O) groups excluding carboxylic acids is 1. The van der Waals surface area contributed by atoms with E-state index in [1.54, 1.807) is 6.92 Å². The van der Waals surface area contributed by atoms with Crippen molar-refractivity contribution in [3.8, 4) is 11.4 Å². The van der Waals surface area contributed by atoms with Gasteiger partial charge >= 0.3 is 0 Å². The van der Waals surface area contributed by atoms with Crippen LogP contribution in [0.5, 0.6) is 0 Å². The molecule has 0 spiro atoms. The zero-order valence-corrected chi connectivity index (χ0v) is 14.6. The molecule has 0 aliphatic heterocycles. The number of benzene rings is 1. The molecule has 2 N–H and O–H groups in total. The third-order valence-electron chi connectivity index (χ3n) is 3.18. The highest BCUT2D eigenvalue weighted by atomic mass is 32.2. The van der Waals surface area contributed by atoms with E-state index >= 15 is 0 Å². The highest BCUT2D eigenvalue weighted by Gasteiger charge is 2.17. The van der Waals surface area contributed by atoms with Crippen molar-refractivity contribution in [3.05, 3.63) is 35.7 Å². The lowest BCUT2D eigenvalue weighted by Crippen LogP contribution is -2.31. The molecule has 1 aromatic carbocycles. The largest absolute Gasteiger partial charge is 0.345 e. The second-order valence-electron chi connectivity index (χ2n) is 5.53. The van der Waals surface area contributed by atoms with Gasteiger partial charge in [0.15, 0.2) is 0 Å². The van der Waals surface area contributed by atoms with Crippen LogP contribution < -0.4 is 10.0 Å². The van der Waals surface area contributed by atoms with E-state index < -0.39 is 16.1 Å². The average molecular weight is 352 g/mol. The number of nitrogens with zero attached hydrogens (tertiary/aromatic N) is 2. The van der Waals surface area contributed by atoms with Gasteiger partial charge in [-0.1, -0.05) is 28.9 Å². The molecule has 1 atom stereocenters. The molecule has 24 heavy (non-hydrogen) atoms. The predicted octanol–water partition coefficient (Wildman–Crippen LogP) is 1.16. The van der Waals surface area contributed by atoms with Crippen LogP contribution in [0.3, 0.4) is 0 Å². The van der Waals surface area contributed by atoms with E-state index in [-0.39, 0.29) is 24.8 Å². The van der Waals surface area contributed by atoms with Gasteiger partial charge in [-0.05, 0) is 19.9 Å². The van der Waals surface area contributed by atoms with Crippen LogP contribution in [-0.4, -0.2) is 37.3 Å². The van der Waals surface area contributed by atoms with Crippen molar-refractivity contribution in [1.29, 1.82) is 0 Å². The van der Waals surface area contributed by atoms with Gasteiger partial charge in [0.1, 0.15) is 6.04 Å². The second kappa shape index (κ2) is 7.54. The molecule has 2 aromatic rings. The van der Waals surface area contributed by atoms with Crippen LogP contribution in [0.15, 0.2) is 28.8 Å². The Bertz CT molecular complexity index is 816. The predicted molar refractivity (Wildman–Crippen MR) is 88.5 cm³/mol. The Morgan fingerprint density at radius 1 is 1.38 bits per heavy atom. The Morgan fingerprint density at radius 3 is 2.79 bits per heavy atom. The average Bonchev–Trinajstić information content (AvgIpc) is 2.95. The molecule has 0 fully saturated rings. The molecule has 130 valence electrons. The SMILES string of the molecule is Cc1cccc(-c2noc([C@H](C)NC(=O)CCNS(C)(=O)=O)n2)c1. The minimum atomic E-state index is -3.30. The first kappa shape index (κ1) is 18.1. The number of aryl methyl sites for hydroxylation is 1. The lowest BCUT2D eigenvalue weighted by molar-refractivity contribution is -0.121. The zero-order chi connectivity index (χ0) is 17.7. The highest BCUT2D eigenvalue weighted by molar-refractivity contribution is 7.88. The molecule has 0 radical (unpaired) electrons. The van der Waals surface area contributed by atoms with Crippen LogP contribution in [0, 0.1) is 6.92 Å². The minimum Gasteiger partial charge on any atom is -0.345 e. The number of hydrogen-bond donors (Lipinski definition) is 2. The molecule has 0 aliphatic carbocycles. The lowest BCUT2D eigenvalue weighted by Gasteiger charge is -2.09. The summed E-state index contributed by atoms with van der Waals surface area (Å²) >= 11 is 0. The molecule has 8 nitrogen and oxygen atoms in total. The fraction of sp³-hybridized carbons (Fsp3) is 0.400. The van der Waals surface area contributed by atoms with E-state index in [9.17, 15) is 13.2 Å². The Hall–Kier alpha value is -2.26. The molecular formula is C15H20N4O4S.